The minimum atomic E-state index is -0.864. The van der Waals surface area contributed by atoms with Crippen LogP contribution in [-0.4, -0.2) is 80.7 Å². The maximum Gasteiger partial charge on any atom is 0.191 e. The Balaban J connectivity index is 1.39. The van der Waals surface area contributed by atoms with E-state index in [9.17, 15) is 5.11 Å². The molecule has 1 aliphatic heterocycles. The molecule has 1 fully saturated rings. The number of fused-ring (bicyclic) bond motifs is 1. The van der Waals surface area contributed by atoms with Crippen LogP contribution in [0.3, 0.4) is 0 Å². The van der Waals surface area contributed by atoms with Crippen molar-refractivity contribution in [1.82, 2.24) is 15.5 Å². The summed E-state index contributed by atoms with van der Waals surface area (Å²) in [6.07, 6.45) is 4.60. The van der Waals surface area contributed by atoms with Crippen molar-refractivity contribution < 1.29 is 14.6 Å². The molecule has 174 valence electrons. The molecular formula is C24H40N4O3. The molecule has 1 aromatic rings. The fourth-order valence-electron chi connectivity index (χ4n) is 4.27. The minimum absolute atomic E-state index is 0.224. The van der Waals surface area contributed by atoms with Crippen molar-refractivity contribution in [2.24, 2.45) is 4.99 Å². The van der Waals surface area contributed by atoms with Gasteiger partial charge in [-0.1, -0.05) is 24.3 Å². The van der Waals surface area contributed by atoms with Crippen molar-refractivity contribution in [2.45, 2.75) is 51.2 Å². The molecule has 7 heteroatoms. The Hall–Kier alpha value is -1.67. The van der Waals surface area contributed by atoms with Crippen LogP contribution in [0.25, 0.3) is 0 Å². The average molecular weight is 433 g/mol. The number of benzene rings is 1. The van der Waals surface area contributed by atoms with Crippen molar-refractivity contribution >= 4 is 5.96 Å². The number of nitrogens with zero attached hydrogens (tertiary/aromatic N) is 2. The van der Waals surface area contributed by atoms with Gasteiger partial charge in [-0.05, 0) is 50.7 Å². The van der Waals surface area contributed by atoms with E-state index in [1.807, 2.05) is 13.8 Å². The third kappa shape index (κ3) is 8.07. The molecule has 1 aliphatic carbocycles. The lowest BCUT2D eigenvalue weighted by Gasteiger charge is -2.33. The van der Waals surface area contributed by atoms with Crippen LogP contribution in [-0.2, 0) is 15.9 Å². The van der Waals surface area contributed by atoms with Gasteiger partial charge in [0.25, 0.3) is 0 Å². The van der Waals surface area contributed by atoms with Gasteiger partial charge < -0.3 is 25.2 Å². The molecule has 2 unspecified atom stereocenters. The second-order valence-corrected chi connectivity index (χ2v) is 8.81. The fraction of sp³-hybridized carbons (Fsp3) is 0.708. The van der Waals surface area contributed by atoms with Gasteiger partial charge in [0.2, 0.25) is 0 Å². The predicted molar refractivity (Wildman–Crippen MR) is 125 cm³/mol. The molecule has 0 spiro atoms. The first-order chi connectivity index (χ1) is 15.1. The Labute approximate surface area is 187 Å². The lowest BCUT2D eigenvalue weighted by atomic mass is 9.89. The van der Waals surface area contributed by atoms with Gasteiger partial charge in [-0.3, -0.25) is 9.89 Å². The van der Waals surface area contributed by atoms with E-state index in [0.29, 0.717) is 13.1 Å². The largest absolute Gasteiger partial charge is 0.387 e. The van der Waals surface area contributed by atoms with Crippen LogP contribution in [0.2, 0.25) is 0 Å². The van der Waals surface area contributed by atoms with E-state index in [0.717, 1.165) is 71.2 Å². The topological polar surface area (TPSA) is 78.4 Å². The zero-order chi connectivity index (χ0) is 21.9. The molecule has 0 saturated carbocycles. The Morgan fingerprint density at radius 3 is 2.90 bits per heavy atom. The smallest absolute Gasteiger partial charge is 0.191 e. The van der Waals surface area contributed by atoms with Crippen LogP contribution in [0, 0.1) is 0 Å². The van der Waals surface area contributed by atoms with Crippen LogP contribution >= 0.6 is 0 Å². The predicted octanol–water partition coefficient (Wildman–Crippen LogP) is 2.11. The first-order valence-electron chi connectivity index (χ1n) is 11.8. The van der Waals surface area contributed by atoms with E-state index in [1.54, 1.807) is 0 Å². The number of rotatable bonds is 10. The Kier molecular flexibility index (Phi) is 9.58. The number of ether oxygens (including phenoxy) is 2. The summed E-state index contributed by atoms with van der Waals surface area (Å²) in [6.45, 7) is 10.4. The van der Waals surface area contributed by atoms with Crippen molar-refractivity contribution in [2.75, 3.05) is 59.1 Å². The van der Waals surface area contributed by atoms with Crippen LogP contribution in [0.15, 0.2) is 29.3 Å². The molecule has 3 rings (SSSR count). The number of morpholine rings is 1. The van der Waals surface area contributed by atoms with Crippen molar-refractivity contribution in [3.05, 3.63) is 35.4 Å². The van der Waals surface area contributed by atoms with E-state index >= 15 is 0 Å². The van der Waals surface area contributed by atoms with E-state index < -0.39 is 5.60 Å². The molecular weight excluding hydrogens is 392 g/mol. The standard InChI is InChI=1S/C24H40N4O3/c1-3-25-23(27-18-24(2,29)19-28-13-16-30-17-14-28)26-12-7-15-31-22-11-6-9-20-8-4-5-10-21(20)22/h4-5,8,10,22,29H,3,6-7,9,11-19H2,1-2H3,(H2,25,26,27). The fourth-order valence-corrected chi connectivity index (χ4v) is 4.27. The molecule has 2 atom stereocenters. The van der Waals surface area contributed by atoms with Gasteiger partial charge in [0, 0.05) is 39.3 Å². The SMILES string of the molecule is CCNC(=NCC(C)(O)CN1CCOCC1)NCCCOC1CCCc2ccccc21. The summed E-state index contributed by atoms with van der Waals surface area (Å²) in [5.41, 5.74) is 1.93. The molecule has 0 aromatic heterocycles. The van der Waals surface area contributed by atoms with Crippen molar-refractivity contribution in [3.63, 3.8) is 0 Å². The van der Waals surface area contributed by atoms with Gasteiger partial charge in [0.05, 0.1) is 31.5 Å². The summed E-state index contributed by atoms with van der Waals surface area (Å²) in [4.78, 5) is 6.85. The summed E-state index contributed by atoms with van der Waals surface area (Å²) in [5, 5.41) is 17.4. The summed E-state index contributed by atoms with van der Waals surface area (Å²) in [5.74, 6) is 0.743. The van der Waals surface area contributed by atoms with Crippen LogP contribution in [0.1, 0.15) is 50.3 Å². The number of hydrogen-bond donors (Lipinski definition) is 3. The highest BCUT2D eigenvalue weighted by atomic mass is 16.5. The number of aliphatic imine (C=N–C) groups is 1. The van der Waals surface area contributed by atoms with Gasteiger partial charge >= 0.3 is 0 Å². The van der Waals surface area contributed by atoms with Crippen LogP contribution in [0.4, 0.5) is 0 Å². The molecule has 2 aliphatic rings. The van der Waals surface area contributed by atoms with Crippen LogP contribution < -0.4 is 10.6 Å². The number of aliphatic hydroxyl groups is 1. The van der Waals surface area contributed by atoms with Crippen LogP contribution in [0.5, 0.6) is 0 Å². The Bertz CT molecular complexity index is 689. The lowest BCUT2D eigenvalue weighted by Crippen LogP contribution is -2.48. The summed E-state index contributed by atoms with van der Waals surface area (Å²) >= 11 is 0. The van der Waals surface area contributed by atoms with Gasteiger partial charge in [-0.15, -0.1) is 0 Å². The van der Waals surface area contributed by atoms with E-state index in [-0.39, 0.29) is 6.10 Å². The minimum Gasteiger partial charge on any atom is -0.387 e. The van der Waals surface area contributed by atoms with Crippen molar-refractivity contribution in [3.8, 4) is 0 Å². The normalized spacial score (nSPS) is 21.9. The molecule has 1 saturated heterocycles. The Morgan fingerprint density at radius 2 is 2.10 bits per heavy atom. The van der Waals surface area contributed by atoms with Gasteiger partial charge in [0.15, 0.2) is 5.96 Å². The second kappa shape index (κ2) is 12.4. The summed E-state index contributed by atoms with van der Waals surface area (Å²) in [6, 6.07) is 8.65. The number of hydrogen-bond acceptors (Lipinski definition) is 5. The average Bonchev–Trinajstić information content (AvgIpc) is 2.77. The molecule has 3 N–H and O–H groups in total. The molecule has 1 heterocycles. The van der Waals surface area contributed by atoms with Gasteiger partial charge in [0.1, 0.15) is 0 Å². The van der Waals surface area contributed by atoms with Crippen molar-refractivity contribution in [1.29, 1.82) is 0 Å². The number of nitrogens with one attached hydrogen (secondary N) is 2. The highest BCUT2D eigenvalue weighted by Gasteiger charge is 2.25. The molecule has 0 radical (unpaired) electrons. The highest BCUT2D eigenvalue weighted by Crippen LogP contribution is 2.32. The zero-order valence-electron chi connectivity index (χ0n) is 19.2. The van der Waals surface area contributed by atoms with Gasteiger partial charge in [-0.2, -0.15) is 0 Å². The first-order valence-corrected chi connectivity index (χ1v) is 11.8. The molecule has 31 heavy (non-hydrogen) atoms. The summed E-state index contributed by atoms with van der Waals surface area (Å²) in [7, 11) is 0. The maximum absolute atomic E-state index is 10.8. The highest BCUT2D eigenvalue weighted by molar-refractivity contribution is 5.79. The third-order valence-electron chi connectivity index (χ3n) is 5.84. The third-order valence-corrected chi connectivity index (χ3v) is 5.84. The Morgan fingerprint density at radius 1 is 1.29 bits per heavy atom. The number of guanidine groups is 1. The number of β-amino-alcohol motifs (C(OH)–C–C–N with tert-alkyl or cyclic N) is 1. The number of aryl methyl sites for hydroxylation is 1. The maximum atomic E-state index is 10.8. The monoisotopic (exact) mass is 432 g/mol. The van der Waals surface area contributed by atoms with E-state index in [2.05, 4.69) is 44.8 Å². The van der Waals surface area contributed by atoms with E-state index in [1.165, 1.54) is 17.5 Å². The second-order valence-electron chi connectivity index (χ2n) is 8.81. The summed E-state index contributed by atoms with van der Waals surface area (Å²) < 4.78 is 11.6. The lowest BCUT2D eigenvalue weighted by molar-refractivity contribution is -0.0180. The quantitative estimate of drug-likeness (QED) is 0.299. The van der Waals surface area contributed by atoms with E-state index in [4.69, 9.17) is 9.47 Å². The first kappa shape index (κ1) is 24.0. The molecule has 7 nitrogen and oxygen atoms in total. The molecule has 0 bridgehead atoms. The molecule has 0 amide bonds. The molecule has 1 aromatic carbocycles. The van der Waals surface area contributed by atoms with Gasteiger partial charge in [-0.25, -0.2) is 0 Å². The zero-order valence-corrected chi connectivity index (χ0v) is 19.2.